The first kappa shape index (κ1) is 14.6. The highest BCUT2D eigenvalue weighted by Crippen LogP contribution is 2.08. The zero-order valence-corrected chi connectivity index (χ0v) is 11.8. The van der Waals surface area contributed by atoms with Crippen molar-refractivity contribution in [2.45, 2.75) is 24.9 Å². The molecule has 2 heterocycles. The number of hydrogen-bond acceptors (Lipinski definition) is 5. The molecule has 20 heavy (non-hydrogen) atoms. The number of nitrogens with one attached hydrogen (secondary N) is 1. The zero-order chi connectivity index (χ0) is 14.6. The third-order valence-electron chi connectivity index (χ3n) is 2.64. The fourth-order valence-electron chi connectivity index (χ4n) is 1.66. The van der Waals surface area contributed by atoms with Gasteiger partial charge in [0, 0.05) is 11.9 Å². The number of hydrogen-bond donors (Lipinski definition) is 2. The number of aliphatic hydroxyl groups excluding tert-OH is 1. The second-order valence-electron chi connectivity index (χ2n) is 4.26. The Morgan fingerprint density at radius 1 is 1.40 bits per heavy atom. The molecule has 108 valence electrons. The lowest BCUT2D eigenvalue weighted by Crippen LogP contribution is -2.23. The third kappa shape index (κ3) is 3.62. The van der Waals surface area contributed by atoms with Gasteiger partial charge >= 0.3 is 0 Å². The molecule has 2 rings (SSSR count). The van der Waals surface area contributed by atoms with E-state index < -0.39 is 10.0 Å². The Labute approximate surface area is 117 Å². The minimum absolute atomic E-state index is 0.0682. The molecule has 0 fully saturated rings. The molecule has 0 unspecified atom stereocenters. The molecule has 0 saturated carbocycles. The van der Waals surface area contributed by atoms with Gasteiger partial charge in [0.15, 0.2) is 0 Å². The lowest BCUT2D eigenvalue weighted by Gasteiger charge is -2.04. The van der Waals surface area contributed by atoms with E-state index in [4.69, 9.17) is 5.11 Å². The smallest absolute Gasteiger partial charge is 0.244 e. The monoisotopic (exact) mass is 296 g/mol. The second-order valence-corrected chi connectivity index (χ2v) is 6.02. The predicted molar refractivity (Wildman–Crippen MR) is 72.3 cm³/mol. The summed E-state index contributed by atoms with van der Waals surface area (Å²) in [5, 5.41) is 12.6. The minimum atomic E-state index is -3.62. The van der Waals surface area contributed by atoms with E-state index >= 15 is 0 Å². The van der Waals surface area contributed by atoms with E-state index in [1.54, 1.807) is 6.07 Å². The molecule has 0 bridgehead atoms. The van der Waals surface area contributed by atoms with Crippen LogP contribution in [0.1, 0.15) is 11.4 Å². The van der Waals surface area contributed by atoms with Crippen molar-refractivity contribution >= 4 is 10.0 Å². The maximum absolute atomic E-state index is 12.1. The van der Waals surface area contributed by atoms with Gasteiger partial charge in [0.1, 0.15) is 4.90 Å². The van der Waals surface area contributed by atoms with Gasteiger partial charge in [-0.1, -0.05) is 6.07 Å². The Bertz CT molecular complexity index is 682. The third-order valence-corrected chi connectivity index (χ3v) is 3.99. The summed E-state index contributed by atoms with van der Waals surface area (Å²) in [5.41, 5.74) is 1.48. The highest BCUT2D eigenvalue weighted by atomic mass is 32.2. The fourth-order valence-corrected chi connectivity index (χ4v) is 2.61. The number of sulfonamides is 1. The maximum atomic E-state index is 12.1. The zero-order valence-electron chi connectivity index (χ0n) is 11.0. The first-order valence-corrected chi connectivity index (χ1v) is 7.55. The number of aliphatic hydroxyl groups is 1. The topological polar surface area (TPSA) is 97.1 Å². The molecule has 2 aromatic heterocycles. The lowest BCUT2D eigenvalue weighted by molar-refractivity contribution is 0.269. The summed E-state index contributed by atoms with van der Waals surface area (Å²) < 4.78 is 27.9. The van der Waals surface area contributed by atoms with Crippen LogP contribution in [0, 0.1) is 6.92 Å². The van der Waals surface area contributed by atoms with E-state index in [2.05, 4.69) is 14.8 Å². The normalized spacial score (nSPS) is 11.7. The van der Waals surface area contributed by atoms with Crippen LogP contribution in [-0.2, 0) is 23.1 Å². The average molecular weight is 296 g/mol. The number of nitrogens with zero attached hydrogens (tertiary/aromatic N) is 3. The molecular formula is C12H16N4O3S. The molecule has 2 N–H and O–H groups in total. The summed E-state index contributed by atoms with van der Waals surface area (Å²) in [6, 6.07) is 5.42. The van der Waals surface area contributed by atoms with Crippen LogP contribution in [0.25, 0.3) is 0 Å². The molecule has 0 aliphatic carbocycles. The van der Waals surface area contributed by atoms with Crippen molar-refractivity contribution in [3.63, 3.8) is 0 Å². The van der Waals surface area contributed by atoms with Crippen molar-refractivity contribution in [3.8, 4) is 0 Å². The van der Waals surface area contributed by atoms with E-state index in [1.165, 1.54) is 17.1 Å². The largest absolute Gasteiger partial charge is 0.394 e. The lowest BCUT2D eigenvalue weighted by atomic mass is 10.3. The van der Waals surface area contributed by atoms with Gasteiger partial charge in [-0.15, -0.1) is 0 Å². The van der Waals surface area contributed by atoms with Gasteiger partial charge in [-0.3, -0.25) is 9.67 Å². The average Bonchev–Trinajstić information content (AvgIpc) is 2.87. The van der Waals surface area contributed by atoms with Crippen LogP contribution in [0.2, 0.25) is 0 Å². The van der Waals surface area contributed by atoms with E-state index in [0.717, 1.165) is 5.69 Å². The van der Waals surface area contributed by atoms with Crippen LogP contribution in [0.4, 0.5) is 0 Å². The van der Waals surface area contributed by atoms with Gasteiger partial charge in [0.2, 0.25) is 10.0 Å². The van der Waals surface area contributed by atoms with Crippen molar-refractivity contribution in [2.24, 2.45) is 0 Å². The Morgan fingerprint density at radius 2 is 2.20 bits per heavy atom. The summed E-state index contributed by atoms with van der Waals surface area (Å²) >= 11 is 0. The Balaban J connectivity index is 2.06. The SMILES string of the molecule is Cc1cccc(CNS(=O)(=O)c2cnn(CCO)c2)n1. The number of rotatable bonds is 6. The summed E-state index contributed by atoms with van der Waals surface area (Å²) in [6.07, 6.45) is 2.63. The predicted octanol–water partition coefficient (Wildman–Crippen LogP) is 0.0573. The van der Waals surface area contributed by atoms with E-state index in [-0.39, 0.29) is 24.6 Å². The first-order valence-electron chi connectivity index (χ1n) is 6.07. The number of aromatic nitrogens is 3. The van der Waals surface area contributed by atoms with Crippen LogP contribution in [-0.4, -0.2) is 34.9 Å². The van der Waals surface area contributed by atoms with E-state index in [0.29, 0.717) is 5.69 Å². The Morgan fingerprint density at radius 3 is 2.90 bits per heavy atom. The Kier molecular flexibility index (Phi) is 4.48. The van der Waals surface area contributed by atoms with Crippen molar-refractivity contribution in [3.05, 3.63) is 42.0 Å². The van der Waals surface area contributed by atoms with Crippen LogP contribution < -0.4 is 4.72 Å². The standard InChI is InChI=1S/C12H16N4O3S/c1-10-3-2-4-11(15-10)7-14-20(18,19)12-8-13-16(9-12)5-6-17/h2-4,8-9,14,17H,5-7H2,1H3. The molecule has 0 spiro atoms. The molecule has 8 heteroatoms. The van der Waals surface area contributed by atoms with Crippen molar-refractivity contribution in [1.29, 1.82) is 0 Å². The summed E-state index contributed by atoms with van der Waals surface area (Å²) in [4.78, 5) is 4.29. The molecule has 0 saturated heterocycles. The highest BCUT2D eigenvalue weighted by Gasteiger charge is 2.16. The van der Waals surface area contributed by atoms with Crippen LogP contribution in [0.15, 0.2) is 35.5 Å². The van der Waals surface area contributed by atoms with Crippen molar-refractivity contribution < 1.29 is 13.5 Å². The molecule has 2 aromatic rings. The van der Waals surface area contributed by atoms with Crippen LogP contribution in [0.5, 0.6) is 0 Å². The van der Waals surface area contributed by atoms with Gasteiger partial charge in [0.05, 0.1) is 31.6 Å². The van der Waals surface area contributed by atoms with Gasteiger partial charge in [-0.25, -0.2) is 13.1 Å². The summed E-state index contributed by atoms with van der Waals surface area (Å²) in [5.74, 6) is 0. The molecule has 0 radical (unpaired) electrons. The van der Waals surface area contributed by atoms with Crippen molar-refractivity contribution in [1.82, 2.24) is 19.5 Å². The fraction of sp³-hybridized carbons (Fsp3) is 0.333. The number of aryl methyl sites for hydroxylation is 1. The van der Waals surface area contributed by atoms with E-state index in [1.807, 2.05) is 19.1 Å². The van der Waals surface area contributed by atoms with Crippen molar-refractivity contribution in [2.75, 3.05) is 6.61 Å². The van der Waals surface area contributed by atoms with Gasteiger partial charge in [0.25, 0.3) is 0 Å². The summed E-state index contributed by atoms with van der Waals surface area (Å²) in [7, 11) is -3.62. The van der Waals surface area contributed by atoms with Crippen LogP contribution >= 0.6 is 0 Å². The van der Waals surface area contributed by atoms with E-state index in [9.17, 15) is 8.42 Å². The van der Waals surface area contributed by atoms with Crippen LogP contribution in [0.3, 0.4) is 0 Å². The highest BCUT2D eigenvalue weighted by molar-refractivity contribution is 7.89. The first-order chi connectivity index (χ1) is 9.51. The summed E-state index contributed by atoms with van der Waals surface area (Å²) in [6.45, 7) is 2.13. The quantitative estimate of drug-likeness (QED) is 0.785. The van der Waals surface area contributed by atoms with Gasteiger partial charge in [-0.2, -0.15) is 5.10 Å². The second kappa shape index (κ2) is 6.12. The van der Waals surface area contributed by atoms with Gasteiger partial charge in [-0.05, 0) is 19.1 Å². The maximum Gasteiger partial charge on any atom is 0.244 e. The van der Waals surface area contributed by atoms with Gasteiger partial charge < -0.3 is 5.11 Å². The minimum Gasteiger partial charge on any atom is -0.394 e. The number of pyridine rings is 1. The molecule has 0 amide bonds. The molecule has 0 aliphatic rings. The Hall–Kier alpha value is -1.77. The molecular weight excluding hydrogens is 280 g/mol. The molecule has 0 aromatic carbocycles. The molecule has 7 nitrogen and oxygen atoms in total. The molecule has 0 aliphatic heterocycles. The molecule has 0 atom stereocenters.